The lowest BCUT2D eigenvalue weighted by Crippen LogP contribution is -2.45. The van der Waals surface area contributed by atoms with Crippen molar-refractivity contribution in [3.05, 3.63) is 24.3 Å². The van der Waals surface area contributed by atoms with Crippen molar-refractivity contribution in [1.82, 2.24) is 5.32 Å². The van der Waals surface area contributed by atoms with Crippen molar-refractivity contribution in [2.24, 2.45) is 0 Å². The van der Waals surface area contributed by atoms with Crippen LogP contribution in [0.2, 0.25) is 0 Å². The van der Waals surface area contributed by atoms with E-state index in [4.69, 9.17) is 4.74 Å². The minimum absolute atomic E-state index is 0.0183. The van der Waals surface area contributed by atoms with Crippen LogP contribution in [0.4, 0.5) is 0 Å². The maximum Gasteiger partial charge on any atom is 0.305 e. The van der Waals surface area contributed by atoms with E-state index in [1.165, 1.54) is 308 Å². The molecule has 0 bridgehead atoms. The van der Waals surface area contributed by atoms with E-state index in [9.17, 15) is 19.8 Å². The Bertz CT molecular complexity index is 1150. The molecule has 2 atom stereocenters. The van der Waals surface area contributed by atoms with E-state index in [2.05, 4.69) is 31.3 Å². The summed E-state index contributed by atoms with van der Waals surface area (Å²) in [5.41, 5.74) is 0. The Hall–Kier alpha value is -1.66. The van der Waals surface area contributed by atoms with Gasteiger partial charge in [0.25, 0.3) is 0 Å². The quantitative estimate of drug-likeness (QED) is 0.0320. The predicted octanol–water partition coefficient (Wildman–Crippen LogP) is 21.4. The maximum absolute atomic E-state index is 12.5. The zero-order valence-electron chi connectivity index (χ0n) is 50.1. The van der Waals surface area contributed by atoms with Crippen LogP contribution in [-0.2, 0) is 14.3 Å². The number of amides is 1. The molecule has 6 nitrogen and oxygen atoms in total. The smallest absolute Gasteiger partial charge is 0.305 e. The Morgan fingerprint density at radius 3 is 0.959 bits per heavy atom. The Morgan fingerprint density at radius 1 is 0.365 bits per heavy atom. The van der Waals surface area contributed by atoms with Crippen LogP contribution in [0.1, 0.15) is 373 Å². The number of hydrogen-bond acceptors (Lipinski definition) is 5. The summed E-state index contributed by atoms with van der Waals surface area (Å²) in [5.74, 6) is -0.0516. The highest BCUT2D eigenvalue weighted by atomic mass is 16.5. The lowest BCUT2D eigenvalue weighted by molar-refractivity contribution is -0.143. The number of esters is 1. The van der Waals surface area contributed by atoms with Crippen LogP contribution >= 0.6 is 0 Å². The van der Waals surface area contributed by atoms with Gasteiger partial charge < -0.3 is 20.3 Å². The third-order valence-electron chi connectivity index (χ3n) is 15.7. The molecule has 3 N–H and O–H groups in total. The average molecular weight is 1040 g/mol. The number of hydrogen-bond donors (Lipinski definition) is 3. The van der Waals surface area contributed by atoms with E-state index in [0.29, 0.717) is 19.4 Å². The number of rotatable bonds is 63. The van der Waals surface area contributed by atoms with Gasteiger partial charge in [0.1, 0.15) is 0 Å². The van der Waals surface area contributed by atoms with Crippen LogP contribution in [0.25, 0.3) is 0 Å². The van der Waals surface area contributed by atoms with Gasteiger partial charge in [0, 0.05) is 12.8 Å². The van der Waals surface area contributed by atoms with Crippen molar-refractivity contribution in [1.29, 1.82) is 0 Å². The molecule has 0 saturated carbocycles. The van der Waals surface area contributed by atoms with Crippen LogP contribution < -0.4 is 5.32 Å². The second kappa shape index (κ2) is 63.9. The molecule has 0 heterocycles. The highest BCUT2D eigenvalue weighted by Crippen LogP contribution is 2.18. The van der Waals surface area contributed by atoms with Crippen molar-refractivity contribution in [3.63, 3.8) is 0 Å². The summed E-state index contributed by atoms with van der Waals surface area (Å²) in [6.45, 7) is 4.93. The molecule has 2 unspecified atom stereocenters. The highest BCUT2D eigenvalue weighted by molar-refractivity contribution is 5.76. The summed E-state index contributed by atoms with van der Waals surface area (Å²) >= 11 is 0. The molecule has 0 saturated heterocycles. The van der Waals surface area contributed by atoms with Gasteiger partial charge >= 0.3 is 5.97 Å². The lowest BCUT2D eigenvalue weighted by Gasteiger charge is -2.20. The molecule has 74 heavy (non-hydrogen) atoms. The molecule has 0 aromatic rings. The molecule has 1 amide bonds. The fourth-order valence-corrected chi connectivity index (χ4v) is 10.6. The minimum Gasteiger partial charge on any atom is -0.466 e. The van der Waals surface area contributed by atoms with E-state index in [1.54, 1.807) is 6.08 Å². The third kappa shape index (κ3) is 59.6. The molecule has 0 aromatic carbocycles. The maximum atomic E-state index is 12.5. The Balaban J connectivity index is 3.37. The van der Waals surface area contributed by atoms with E-state index in [1.807, 2.05) is 6.08 Å². The number of allylic oxidation sites excluding steroid dienone is 3. The fraction of sp³-hybridized carbons (Fsp3) is 0.912. The topological polar surface area (TPSA) is 95.9 Å². The first-order chi connectivity index (χ1) is 36.5. The van der Waals surface area contributed by atoms with Crippen LogP contribution in [0, 0.1) is 0 Å². The molecule has 6 heteroatoms. The van der Waals surface area contributed by atoms with Crippen LogP contribution in [0.5, 0.6) is 0 Å². The van der Waals surface area contributed by atoms with Crippen LogP contribution in [-0.4, -0.2) is 47.4 Å². The van der Waals surface area contributed by atoms with E-state index in [-0.39, 0.29) is 18.5 Å². The van der Waals surface area contributed by atoms with E-state index < -0.39 is 12.1 Å². The normalized spacial score (nSPS) is 12.6. The van der Waals surface area contributed by atoms with Gasteiger partial charge in [0.15, 0.2) is 0 Å². The molecule has 0 fully saturated rings. The van der Waals surface area contributed by atoms with Gasteiger partial charge in [-0.15, -0.1) is 0 Å². The second-order valence-electron chi connectivity index (χ2n) is 23.2. The number of aliphatic hydroxyl groups is 2. The number of unbranched alkanes of at least 4 members (excludes halogenated alkanes) is 50. The summed E-state index contributed by atoms with van der Waals surface area (Å²) in [7, 11) is 0. The molecule has 0 aliphatic carbocycles. The van der Waals surface area contributed by atoms with Crippen LogP contribution in [0.3, 0.4) is 0 Å². The van der Waals surface area contributed by atoms with Gasteiger partial charge in [-0.05, 0) is 57.8 Å². The SMILES string of the molecule is CCCCCCCCCCCCC/C=C/C(O)C(CO)NC(=O)CCCCCCCCCCC/C=C\CCCCCCCCCCCCCCOC(=O)CCCCCCCCCCCCCCCCCCCCC. The lowest BCUT2D eigenvalue weighted by atomic mass is 10.0. The zero-order valence-corrected chi connectivity index (χ0v) is 50.1. The summed E-state index contributed by atoms with van der Waals surface area (Å²) in [4.78, 5) is 24.6. The number of ether oxygens (including phenoxy) is 1. The van der Waals surface area contributed by atoms with Crippen molar-refractivity contribution in [2.75, 3.05) is 13.2 Å². The van der Waals surface area contributed by atoms with Gasteiger partial charge in [0.2, 0.25) is 5.91 Å². The van der Waals surface area contributed by atoms with E-state index in [0.717, 1.165) is 38.5 Å². The summed E-state index contributed by atoms with van der Waals surface area (Å²) in [6.07, 6.45) is 79.6. The largest absolute Gasteiger partial charge is 0.466 e. The summed E-state index contributed by atoms with van der Waals surface area (Å²) in [6, 6.07) is -0.629. The molecular formula is C68H131NO5. The fourth-order valence-electron chi connectivity index (χ4n) is 10.6. The van der Waals surface area contributed by atoms with Crippen LogP contribution in [0.15, 0.2) is 24.3 Å². The average Bonchev–Trinajstić information content (AvgIpc) is 3.40. The number of nitrogens with one attached hydrogen (secondary N) is 1. The van der Waals surface area contributed by atoms with Crippen molar-refractivity contribution < 1.29 is 24.5 Å². The minimum atomic E-state index is -0.845. The molecule has 0 aliphatic heterocycles. The predicted molar refractivity (Wildman–Crippen MR) is 324 cm³/mol. The molecule has 0 radical (unpaired) electrons. The number of aliphatic hydroxyl groups excluding tert-OH is 2. The first kappa shape index (κ1) is 72.3. The van der Waals surface area contributed by atoms with Gasteiger partial charge in [-0.25, -0.2) is 0 Å². The van der Waals surface area contributed by atoms with Crippen molar-refractivity contribution in [2.45, 2.75) is 386 Å². The Kier molecular flexibility index (Phi) is 62.4. The first-order valence-electron chi connectivity index (χ1n) is 33.6. The molecule has 0 aromatic heterocycles. The van der Waals surface area contributed by atoms with Crippen molar-refractivity contribution >= 4 is 11.9 Å². The molecule has 438 valence electrons. The summed E-state index contributed by atoms with van der Waals surface area (Å²) in [5, 5.41) is 23.1. The monoisotopic (exact) mass is 1040 g/mol. The number of carbonyl (C=O) groups is 2. The van der Waals surface area contributed by atoms with E-state index >= 15 is 0 Å². The first-order valence-corrected chi connectivity index (χ1v) is 33.6. The standard InChI is InChI=1S/C68H131NO5/c1-3-5-7-9-11-13-15-17-18-19-27-31-34-38-42-46-50-54-58-62-68(73)74-63-59-55-51-47-43-39-35-32-29-26-24-22-20-21-23-25-28-30-33-37-41-45-49-53-57-61-67(72)69-65(64-70)66(71)60-56-52-48-44-40-36-16-14-12-10-8-6-4-2/h21,23,56,60,65-66,70-71H,3-20,22,24-55,57-59,61-64H2,1-2H3,(H,69,72)/b23-21-,60-56+. The van der Waals surface area contributed by atoms with Gasteiger partial charge in [0.05, 0.1) is 25.4 Å². The second-order valence-corrected chi connectivity index (χ2v) is 23.2. The molecule has 0 spiro atoms. The van der Waals surface area contributed by atoms with Gasteiger partial charge in [-0.1, -0.05) is 327 Å². The molecular weight excluding hydrogens is 911 g/mol. The van der Waals surface area contributed by atoms with Crippen molar-refractivity contribution in [3.8, 4) is 0 Å². The number of carbonyl (C=O) groups excluding carboxylic acids is 2. The molecule has 0 aliphatic rings. The zero-order chi connectivity index (χ0) is 53.6. The van der Waals surface area contributed by atoms with Gasteiger partial charge in [-0.3, -0.25) is 9.59 Å². The molecule has 0 rings (SSSR count). The third-order valence-corrected chi connectivity index (χ3v) is 15.7. The summed E-state index contributed by atoms with van der Waals surface area (Å²) < 4.78 is 5.51. The Morgan fingerprint density at radius 2 is 0.635 bits per heavy atom. The highest BCUT2D eigenvalue weighted by Gasteiger charge is 2.18. The van der Waals surface area contributed by atoms with Gasteiger partial charge in [-0.2, -0.15) is 0 Å². The Labute approximate surface area is 462 Å².